The van der Waals surface area contributed by atoms with E-state index in [1.807, 2.05) is 0 Å². The third-order valence-corrected chi connectivity index (χ3v) is 4.26. The third kappa shape index (κ3) is 4.43. The Bertz CT molecular complexity index is 388. The van der Waals surface area contributed by atoms with Crippen LogP contribution in [-0.4, -0.2) is 44.0 Å². The molecule has 0 aromatic heterocycles. The Kier molecular flexibility index (Phi) is 5.36. The molecule has 0 bridgehead atoms. The highest BCUT2D eigenvalue weighted by Gasteiger charge is 2.28. The van der Waals surface area contributed by atoms with Gasteiger partial charge in [-0.25, -0.2) is 13.1 Å². The first-order valence-electron chi connectivity index (χ1n) is 5.94. The van der Waals surface area contributed by atoms with E-state index in [9.17, 15) is 8.42 Å². The minimum absolute atomic E-state index is 0.0884. The van der Waals surface area contributed by atoms with Gasteiger partial charge in [-0.05, 0) is 18.8 Å². The first-order chi connectivity index (χ1) is 8.35. The van der Waals surface area contributed by atoms with Crippen LogP contribution in [-0.2, 0) is 14.8 Å². The SMILES string of the molecule is CC(C)C(NS(=O)(=O)CC1CCCO1)C(N)=NO. The molecule has 0 aromatic rings. The fourth-order valence-electron chi connectivity index (χ4n) is 1.86. The molecule has 1 aliphatic heterocycles. The van der Waals surface area contributed by atoms with E-state index in [-0.39, 0.29) is 23.6 Å². The molecular formula is C10H21N3O4S. The highest BCUT2D eigenvalue weighted by molar-refractivity contribution is 7.89. The number of nitrogens with one attached hydrogen (secondary N) is 1. The number of nitrogens with two attached hydrogens (primary N) is 1. The standard InChI is InChI=1S/C10H21N3O4S/c1-7(2)9(10(11)12-14)13-18(15,16)6-8-4-3-5-17-8/h7-9,13-14H,3-6H2,1-2H3,(H2,11,12). The Hall–Kier alpha value is -0.860. The summed E-state index contributed by atoms with van der Waals surface area (Å²) in [5.74, 6) is -0.337. The molecule has 0 aliphatic carbocycles. The zero-order valence-electron chi connectivity index (χ0n) is 10.7. The molecule has 106 valence electrons. The summed E-state index contributed by atoms with van der Waals surface area (Å²) < 4.78 is 31.6. The van der Waals surface area contributed by atoms with Gasteiger partial charge >= 0.3 is 0 Å². The number of rotatable bonds is 6. The van der Waals surface area contributed by atoms with Crippen molar-refractivity contribution in [2.75, 3.05) is 12.4 Å². The Balaban J connectivity index is 2.66. The molecule has 1 saturated heterocycles. The van der Waals surface area contributed by atoms with Crippen LogP contribution in [0.3, 0.4) is 0 Å². The van der Waals surface area contributed by atoms with Crippen molar-refractivity contribution in [3.8, 4) is 0 Å². The second kappa shape index (κ2) is 6.35. The first kappa shape index (κ1) is 15.2. The smallest absolute Gasteiger partial charge is 0.214 e. The molecule has 0 radical (unpaired) electrons. The van der Waals surface area contributed by atoms with Crippen molar-refractivity contribution in [2.45, 2.75) is 38.8 Å². The van der Waals surface area contributed by atoms with Gasteiger partial charge in [0.05, 0.1) is 17.9 Å². The van der Waals surface area contributed by atoms with Gasteiger partial charge in [-0.2, -0.15) is 0 Å². The number of ether oxygens (including phenoxy) is 1. The lowest BCUT2D eigenvalue weighted by Crippen LogP contribution is -2.49. The zero-order valence-corrected chi connectivity index (χ0v) is 11.5. The molecule has 1 heterocycles. The number of sulfonamides is 1. The average Bonchev–Trinajstić information content (AvgIpc) is 2.76. The van der Waals surface area contributed by atoms with Crippen LogP contribution in [0.25, 0.3) is 0 Å². The van der Waals surface area contributed by atoms with Gasteiger partial charge in [0, 0.05) is 6.61 Å². The largest absolute Gasteiger partial charge is 0.409 e. The topological polar surface area (TPSA) is 114 Å². The van der Waals surface area contributed by atoms with Crippen molar-refractivity contribution in [3.63, 3.8) is 0 Å². The monoisotopic (exact) mass is 279 g/mol. The Morgan fingerprint density at radius 3 is 2.72 bits per heavy atom. The number of hydrogen-bond donors (Lipinski definition) is 3. The summed E-state index contributed by atoms with van der Waals surface area (Å²) in [6.45, 7) is 4.18. The van der Waals surface area contributed by atoms with Crippen molar-refractivity contribution in [2.24, 2.45) is 16.8 Å². The van der Waals surface area contributed by atoms with Crippen LogP contribution in [0.15, 0.2) is 5.16 Å². The first-order valence-corrected chi connectivity index (χ1v) is 7.60. The maximum Gasteiger partial charge on any atom is 0.214 e. The Morgan fingerprint density at radius 1 is 1.61 bits per heavy atom. The molecule has 18 heavy (non-hydrogen) atoms. The molecule has 1 aliphatic rings. The molecule has 1 rings (SSSR count). The van der Waals surface area contributed by atoms with Gasteiger partial charge in [0.1, 0.15) is 0 Å². The van der Waals surface area contributed by atoms with Crippen molar-refractivity contribution in [3.05, 3.63) is 0 Å². The highest BCUT2D eigenvalue weighted by atomic mass is 32.2. The van der Waals surface area contributed by atoms with E-state index >= 15 is 0 Å². The van der Waals surface area contributed by atoms with Crippen molar-refractivity contribution >= 4 is 15.9 Å². The van der Waals surface area contributed by atoms with Gasteiger partial charge in [0.25, 0.3) is 0 Å². The molecule has 0 aromatic carbocycles. The zero-order chi connectivity index (χ0) is 13.8. The quantitative estimate of drug-likeness (QED) is 0.271. The van der Waals surface area contributed by atoms with E-state index in [0.717, 1.165) is 12.8 Å². The summed E-state index contributed by atoms with van der Waals surface area (Å²) in [6.07, 6.45) is 1.37. The maximum atomic E-state index is 11.9. The van der Waals surface area contributed by atoms with Crippen LogP contribution >= 0.6 is 0 Å². The number of hydrogen-bond acceptors (Lipinski definition) is 5. The lowest BCUT2D eigenvalue weighted by molar-refractivity contribution is 0.127. The van der Waals surface area contributed by atoms with Crippen LogP contribution in [0.4, 0.5) is 0 Å². The molecular weight excluding hydrogens is 258 g/mol. The van der Waals surface area contributed by atoms with Crippen molar-refractivity contribution in [1.82, 2.24) is 4.72 Å². The lowest BCUT2D eigenvalue weighted by atomic mass is 10.1. The van der Waals surface area contributed by atoms with Crippen LogP contribution in [0, 0.1) is 5.92 Å². The molecule has 7 nitrogen and oxygen atoms in total. The third-order valence-electron chi connectivity index (χ3n) is 2.84. The van der Waals surface area contributed by atoms with Gasteiger partial charge in [0.2, 0.25) is 10.0 Å². The number of nitrogens with zero attached hydrogens (tertiary/aromatic N) is 1. The predicted octanol–water partition coefficient (Wildman–Crippen LogP) is -0.144. The molecule has 4 N–H and O–H groups in total. The molecule has 0 amide bonds. The maximum absolute atomic E-state index is 11.9. The van der Waals surface area contributed by atoms with Crippen LogP contribution in [0.5, 0.6) is 0 Å². The number of oxime groups is 1. The minimum Gasteiger partial charge on any atom is -0.409 e. The normalized spacial score (nSPS) is 23.5. The number of amidine groups is 1. The van der Waals surface area contributed by atoms with Crippen LogP contribution in [0.1, 0.15) is 26.7 Å². The molecule has 8 heteroatoms. The van der Waals surface area contributed by atoms with E-state index in [1.54, 1.807) is 13.8 Å². The van der Waals surface area contributed by atoms with E-state index in [0.29, 0.717) is 6.61 Å². The Labute approximate surface area is 107 Å². The lowest BCUT2D eigenvalue weighted by Gasteiger charge is -2.21. The highest BCUT2D eigenvalue weighted by Crippen LogP contribution is 2.14. The van der Waals surface area contributed by atoms with Crippen LogP contribution < -0.4 is 10.5 Å². The molecule has 0 saturated carbocycles. The van der Waals surface area contributed by atoms with Crippen LogP contribution in [0.2, 0.25) is 0 Å². The van der Waals surface area contributed by atoms with Crippen molar-refractivity contribution < 1.29 is 18.4 Å². The second-order valence-corrected chi connectivity index (χ2v) is 6.58. The predicted molar refractivity (Wildman–Crippen MR) is 67.9 cm³/mol. The van der Waals surface area contributed by atoms with E-state index in [4.69, 9.17) is 15.7 Å². The van der Waals surface area contributed by atoms with Gasteiger partial charge in [-0.1, -0.05) is 19.0 Å². The minimum atomic E-state index is -3.51. The summed E-state index contributed by atoms with van der Waals surface area (Å²) in [6, 6.07) is -0.707. The fraction of sp³-hybridized carbons (Fsp3) is 0.900. The summed E-state index contributed by atoms with van der Waals surface area (Å²) in [5.41, 5.74) is 5.48. The Morgan fingerprint density at radius 2 is 2.28 bits per heavy atom. The second-order valence-electron chi connectivity index (χ2n) is 4.78. The molecule has 2 unspecified atom stereocenters. The van der Waals surface area contributed by atoms with E-state index in [1.165, 1.54) is 0 Å². The van der Waals surface area contributed by atoms with Gasteiger partial charge in [0.15, 0.2) is 5.84 Å². The molecule has 2 atom stereocenters. The van der Waals surface area contributed by atoms with Gasteiger partial charge < -0.3 is 15.7 Å². The summed E-state index contributed by atoms with van der Waals surface area (Å²) in [7, 11) is -3.51. The van der Waals surface area contributed by atoms with Gasteiger partial charge in [-0.3, -0.25) is 0 Å². The van der Waals surface area contributed by atoms with E-state index < -0.39 is 16.1 Å². The average molecular weight is 279 g/mol. The molecule has 1 fully saturated rings. The summed E-state index contributed by atoms with van der Waals surface area (Å²) >= 11 is 0. The van der Waals surface area contributed by atoms with Gasteiger partial charge in [-0.15, -0.1) is 0 Å². The fourth-order valence-corrected chi connectivity index (χ4v) is 3.49. The summed E-state index contributed by atoms with van der Waals surface area (Å²) in [5, 5.41) is 11.5. The van der Waals surface area contributed by atoms with Crippen molar-refractivity contribution in [1.29, 1.82) is 0 Å². The molecule has 0 spiro atoms. The summed E-state index contributed by atoms with van der Waals surface area (Å²) in [4.78, 5) is 0. The van der Waals surface area contributed by atoms with E-state index in [2.05, 4.69) is 9.88 Å².